The molecule has 1 N–H and O–H groups in total. The molecule has 1 amide bonds. The highest BCUT2D eigenvalue weighted by molar-refractivity contribution is 5.72. The van der Waals surface area contributed by atoms with Crippen LogP contribution in [0.4, 0.5) is 0 Å². The maximum atomic E-state index is 10.6. The number of morpholine rings is 1. The van der Waals surface area contributed by atoms with E-state index in [1.54, 1.807) is 6.92 Å². The van der Waals surface area contributed by atoms with E-state index in [1.807, 2.05) is 0 Å². The van der Waals surface area contributed by atoms with Crippen LogP contribution in [0.1, 0.15) is 13.3 Å². The van der Waals surface area contributed by atoms with Crippen molar-refractivity contribution in [2.45, 2.75) is 13.3 Å². The standard InChI is InChI=1S/C10H20N2O2/c1-10(13)11-4-3-5-12(2)6-8-14-9-7-12/h3-9H2,1-2H3/p+1. The predicted molar refractivity (Wildman–Crippen MR) is 54.9 cm³/mol. The Bertz CT molecular complexity index is 189. The molecule has 0 saturated carbocycles. The van der Waals surface area contributed by atoms with Gasteiger partial charge in [0.05, 0.1) is 26.8 Å². The van der Waals surface area contributed by atoms with E-state index in [9.17, 15) is 4.79 Å². The molecule has 1 aliphatic rings. The molecular formula is C10H21N2O2+. The van der Waals surface area contributed by atoms with Crippen LogP contribution in [0, 0.1) is 0 Å². The largest absolute Gasteiger partial charge is 0.370 e. The molecule has 0 atom stereocenters. The van der Waals surface area contributed by atoms with Gasteiger partial charge < -0.3 is 14.5 Å². The van der Waals surface area contributed by atoms with Crippen molar-refractivity contribution < 1.29 is 14.0 Å². The summed E-state index contributed by atoms with van der Waals surface area (Å²) in [5, 5.41) is 2.82. The van der Waals surface area contributed by atoms with Crippen molar-refractivity contribution in [1.82, 2.24) is 5.32 Å². The summed E-state index contributed by atoms with van der Waals surface area (Å²) in [5.41, 5.74) is 0. The van der Waals surface area contributed by atoms with Gasteiger partial charge in [-0.1, -0.05) is 0 Å². The Balaban J connectivity index is 2.12. The van der Waals surface area contributed by atoms with E-state index in [0.29, 0.717) is 0 Å². The van der Waals surface area contributed by atoms with Crippen molar-refractivity contribution in [3.05, 3.63) is 0 Å². The van der Waals surface area contributed by atoms with Gasteiger partial charge in [-0.2, -0.15) is 0 Å². The van der Waals surface area contributed by atoms with Gasteiger partial charge in [-0.25, -0.2) is 0 Å². The molecule has 0 aromatic heterocycles. The van der Waals surface area contributed by atoms with Crippen LogP contribution in [0.2, 0.25) is 0 Å². The van der Waals surface area contributed by atoms with E-state index >= 15 is 0 Å². The fourth-order valence-electron chi connectivity index (χ4n) is 1.73. The Hall–Kier alpha value is -0.610. The van der Waals surface area contributed by atoms with Crippen LogP contribution in [0.25, 0.3) is 0 Å². The molecule has 1 rings (SSSR count). The Morgan fingerprint density at radius 3 is 2.64 bits per heavy atom. The van der Waals surface area contributed by atoms with E-state index in [-0.39, 0.29) is 5.91 Å². The molecule has 0 unspecified atom stereocenters. The van der Waals surface area contributed by atoms with Crippen molar-refractivity contribution in [2.75, 3.05) is 46.4 Å². The van der Waals surface area contributed by atoms with Crippen molar-refractivity contribution in [3.63, 3.8) is 0 Å². The molecule has 0 aromatic carbocycles. The maximum absolute atomic E-state index is 10.6. The summed E-state index contributed by atoms with van der Waals surface area (Å²) in [6.45, 7) is 7.42. The van der Waals surface area contributed by atoms with Crippen LogP contribution in [0.3, 0.4) is 0 Å². The summed E-state index contributed by atoms with van der Waals surface area (Å²) in [4.78, 5) is 10.6. The summed E-state index contributed by atoms with van der Waals surface area (Å²) in [6, 6.07) is 0. The SMILES string of the molecule is CC(=O)NCCC[N+]1(C)CCOCC1. The second-order valence-electron chi connectivity index (χ2n) is 4.24. The average Bonchev–Trinajstić information content (AvgIpc) is 2.14. The van der Waals surface area contributed by atoms with Crippen LogP contribution in [-0.2, 0) is 9.53 Å². The number of ether oxygens (including phenoxy) is 1. The predicted octanol–water partition coefficient (Wildman–Crippen LogP) is -0.0106. The number of carbonyl (C=O) groups is 1. The molecule has 1 aliphatic heterocycles. The lowest BCUT2D eigenvalue weighted by Gasteiger charge is -2.37. The van der Waals surface area contributed by atoms with Crippen molar-refractivity contribution in [3.8, 4) is 0 Å². The number of rotatable bonds is 4. The zero-order valence-corrected chi connectivity index (χ0v) is 9.21. The third-order valence-corrected chi connectivity index (χ3v) is 2.80. The molecule has 4 heteroatoms. The van der Waals surface area contributed by atoms with E-state index in [2.05, 4.69) is 12.4 Å². The second kappa shape index (κ2) is 5.32. The number of hydrogen-bond acceptors (Lipinski definition) is 2. The van der Waals surface area contributed by atoms with Gasteiger partial charge in [0.25, 0.3) is 0 Å². The zero-order valence-electron chi connectivity index (χ0n) is 9.21. The van der Waals surface area contributed by atoms with Crippen LogP contribution < -0.4 is 5.32 Å². The fourth-order valence-corrected chi connectivity index (χ4v) is 1.73. The number of amides is 1. The smallest absolute Gasteiger partial charge is 0.216 e. The molecule has 0 aromatic rings. The van der Waals surface area contributed by atoms with Crippen molar-refractivity contribution in [2.24, 2.45) is 0 Å². The molecular weight excluding hydrogens is 180 g/mol. The molecule has 1 fully saturated rings. The van der Waals surface area contributed by atoms with Gasteiger partial charge in [-0.15, -0.1) is 0 Å². The van der Waals surface area contributed by atoms with Gasteiger partial charge in [0.15, 0.2) is 0 Å². The van der Waals surface area contributed by atoms with Gasteiger partial charge in [-0.05, 0) is 0 Å². The molecule has 0 aliphatic carbocycles. The summed E-state index contributed by atoms with van der Waals surface area (Å²) >= 11 is 0. The molecule has 1 heterocycles. The molecule has 14 heavy (non-hydrogen) atoms. The van der Waals surface area contributed by atoms with Gasteiger partial charge in [0.2, 0.25) is 5.91 Å². The number of quaternary nitrogens is 1. The lowest BCUT2D eigenvalue weighted by Crippen LogP contribution is -2.52. The maximum Gasteiger partial charge on any atom is 0.216 e. The third-order valence-electron chi connectivity index (χ3n) is 2.80. The summed E-state index contributed by atoms with van der Waals surface area (Å²) in [5.74, 6) is 0.0645. The number of nitrogens with one attached hydrogen (secondary N) is 1. The number of likely N-dealkylation sites (N-methyl/N-ethyl adjacent to an activating group) is 1. The molecule has 0 radical (unpaired) electrons. The van der Waals surface area contributed by atoms with E-state index in [1.165, 1.54) is 0 Å². The topological polar surface area (TPSA) is 38.3 Å². The van der Waals surface area contributed by atoms with Gasteiger partial charge in [-0.3, -0.25) is 4.79 Å². The van der Waals surface area contributed by atoms with Crippen molar-refractivity contribution >= 4 is 5.91 Å². The average molecular weight is 201 g/mol. The van der Waals surface area contributed by atoms with E-state index in [0.717, 1.165) is 50.3 Å². The number of nitrogens with zero attached hydrogens (tertiary/aromatic N) is 1. The summed E-state index contributed by atoms with van der Waals surface area (Å²) in [7, 11) is 2.26. The van der Waals surface area contributed by atoms with Crippen LogP contribution in [0.5, 0.6) is 0 Å². The quantitative estimate of drug-likeness (QED) is 0.513. The molecule has 1 saturated heterocycles. The fraction of sp³-hybridized carbons (Fsp3) is 0.900. The first-order valence-corrected chi connectivity index (χ1v) is 5.28. The van der Waals surface area contributed by atoms with Crippen LogP contribution >= 0.6 is 0 Å². The highest BCUT2D eigenvalue weighted by atomic mass is 16.5. The highest BCUT2D eigenvalue weighted by Crippen LogP contribution is 2.07. The normalized spacial score (nSPS) is 20.4. The Morgan fingerprint density at radius 2 is 2.07 bits per heavy atom. The third kappa shape index (κ3) is 4.07. The minimum absolute atomic E-state index is 0.0645. The molecule has 0 bridgehead atoms. The molecule has 0 spiro atoms. The van der Waals surface area contributed by atoms with Gasteiger partial charge >= 0.3 is 0 Å². The van der Waals surface area contributed by atoms with Gasteiger partial charge in [0, 0.05) is 19.9 Å². The van der Waals surface area contributed by atoms with Crippen LogP contribution in [0.15, 0.2) is 0 Å². The first-order chi connectivity index (χ1) is 6.62. The summed E-state index contributed by atoms with van der Waals surface area (Å²) < 4.78 is 6.41. The number of hydrogen-bond donors (Lipinski definition) is 1. The molecule has 82 valence electrons. The minimum Gasteiger partial charge on any atom is -0.370 e. The second-order valence-corrected chi connectivity index (χ2v) is 4.24. The number of carbonyl (C=O) groups excluding carboxylic acids is 1. The Morgan fingerprint density at radius 1 is 1.43 bits per heavy atom. The van der Waals surface area contributed by atoms with Crippen LogP contribution in [-0.4, -0.2) is 56.8 Å². The first-order valence-electron chi connectivity index (χ1n) is 5.28. The Labute approximate surface area is 85.8 Å². The van der Waals surface area contributed by atoms with E-state index in [4.69, 9.17) is 4.74 Å². The van der Waals surface area contributed by atoms with Gasteiger partial charge in [0.1, 0.15) is 13.1 Å². The van der Waals surface area contributed by atoms with Crippen molar-refractivity contribution in [1.29, 1.82) is 0 Å². The lowest BCUT2D eigenvalue weighted by molar-refractivity contribution is -0.916. The first kappa shape index (κ1) is 11.5. The minimum atomic E-state index is 0.0645. The lowest BCUT2D eigenvalue weighted by atomic mass is 10.3. The Kier molecular flexibility index (Phi) is 4.35. The molecule has 4 nitrogen and oxygen atoms in total. The highest BCUT2D eigenvalue weighted by Gasteiger charge is 2.24. The monoisotopic (exact) mass is 201 g/mol. The summed E-state index contributed by atoms with van der Waals surface area (Å²) in [6.07, 6.45) is 1.05. The van der Waals surface area contributed by atoms with E-state index < -0.39 is 0 Å². The zero-order chi connectivity index (χ0) is 10.4.